The Kier molecular flexibility index (Phi) is 4.26. The van der Waals surface area contributed by atoms with Crippen LogP contribution in [0.15, 0.2) is 70.5 Å². The fourth-order valence-electron chi connectivity index (χ4n) is 3.12. The molecule has 1 aliphatic heterocycles. The summed E-state index contributed by atoms with van der Waals surface area (Å²) in [6, 6.07) is 19.2. The van der Waals surface area contributed by atoms with Crippen LogP contribution in [0, 0.1) is 0 Å². The Morgan fingerprint density at radius 3 is 2.65 bits per heavy atom. The zero-order chi connectivity index (χ0) is 18.1. The molecule has 4 rings (SSSR count). The van der Waals surface area contributed by atoms with Crippen LogP contribution < -0.4 is 10.2 Å². The molecule has 1 aliphatic rings. The van der Waals surface area contributed by atoms with Gasteiger partial charge in [-0.05, 0) is 23.1 Å². The SMILES string of the molecule is CC(=O)N1NC(=Nc2cc3ccccc3sc2=O)CC1c1ccccc1. The minimum Gasteiger partial charge on any atom is -0.282 e. The number of carbonyl (C=O) groups is 1. The van der Waals surface area contributed by atoms with Gasteiger partial charge in [-0.3, -0.25) is 15.0 Å². The quantitative estimate of drug-likeness (QED) is 0.753. The summed E-state index contributed by atoms with van der Waals surface area (Å²) in [7, 11) is 0. The number of amidine groups is 1. The van der Waals surface area contributed by atoms with Gasteiger partial charge in [0.1, 0.15) is 11.5 Å². The maximum absolute atomic E-state index is 12.4. The molecule has 0 spiro atoms. The normalized spacial score (nSPS) is 18.3. The maximum atomic E-state index is 12.4. The standard InChI is InChI=1S/C20H17N3O2S/c1-13(24)23-17(14-7-3-2-4-8-14)12-19(22-23)21-16-11-15-9-5-6-10-18(15)26-20(16)25/h2-11,17H,12H2,1H3,(H,21,22). The number of hydrogen-bond donors (Lipinski definition) is 1. The summed E-state index contributed by atoms with van der Waals surface area (Å²) in [6.45, 7) is 1.52. The molecule has 0 aliphatic carbocycles. The number of rotatable bonds is 2. The van der Waals surface area contributed by atoms with Gasteiger partial charge in [0.25, 0.3) is 4.74 Å². The highest BCUT2D eigenvalue weighted by Crippen LogP contribution is 2.29. The van der Waals surface area contributed by atoms with Crippen molar-refractivity contribution in [2.24, 2.45) is 4.99 Å². The maximum Gasteiger partial charge on any atom is 0.258 e. The fraction of sp³-hybridized carbons (Fsp3) is 0.150. The van der Waals surface area contributed by atoms with Crippen molar-refractivity contribution in [3.8, 4) is 0 Å². The van der Waals surface area contributed by atoms with Gasteiger partial charge >= 0.3 is 0 Å². The molecule has 6 heteroatoms. The van der Waals surface area contributed by atoms with Gasteiger partial charge in [-0.2, -0.15) is 0 Å². The van der Waals surface area contributed by atoms with Gasteiger partial charge < -0.3 is 0 Å². The van der Waals surface area contributed by atoms with Crippen LogP contribution in [0.5, 0.6) is 0 Å². The Hall–Kier alpha value is -2.99. The highest BCUT2D eigenvalue weighted by molar-refractivity contribution is 7.16. The van der Waals surface area contributed by atoms with E-state index in [0.29, 0.717) is 17.9 Å². The molecule has 1 N–H and O–H groups in total. The molecule has 1 amide bonds. The van der Waals surface area contributed by atoms with Gasteiger partial charge in [0.15, 0.2) is 0 Å². The summed E-state index contributed by atoms with van der Waals surface area (Å²) >= 11 is 1.19. The van der Waals surface area contributed by atoms with Gasteiger partial charge in [-0.15, -0.1) is 0 Å². The second-order valence-electron chi connectivity index (χ2n) is 6.15. The minimum absolute atomic E-state index is 0.0875. The summed E-state index contributed by atoms with van der Waals surface area (Å²) in [5, 5.41) is 2.56. The zero-order valence-electron chi connectivity index (χ0n) is 14.2. The topological polar surface area (TPSA) is 61.8 Å². The lowest BCUT2D eigenvalue weighted by atomic mass is 10.0. The van der Waals surface area contributed by atoms with Gasteiger partial charge in [-0.1, -0.05) is 59.9 Å². The number of nitrogens with one attached hydrogen (secondary N) is 1. The lowest BCUT2D eigenvalue weighted by molar-refractivity contribution is -0.132. The van der Waals surface area contributed by atoms with Crippen molar-refractivity contribution in [3.05, 3.63) is 75.8 Å². The molecule has 0 bridgehead atoms. The third-order valence-corrected chi connectivity index (χ3v) is 5.34. The Morgan fingerprint density at radius 1 is 1.15 bits per heavy atom. The van der Waals surface area contributed by atoms with E-state index in [0.717, 1.165) is 15.6 Å². The van der Waals surface area contributed by atoms with Crippen molar-refractivity contribution in [1.82, 2.24) is 10.4 Å². The number of carbonyl (C=O) groups excluding carboxylic acids is 1. The molecule has 26 heavy (non-hydrogen) atoms. The summed E-state index contributed by atoms with van der Waals surface area (Å²) in [5.74, 6) is 0.529. The van der Waals surface area contributed by atoms with Crippen LogP contribution in [0.3, 0.4) is 0 Å². The van der Waals surface area contributed by atoms with Crippen LogP contribution in [0.1, 0.15) is 24.9 Å². The van der Waals surface area contributed by atoms with Crippen molar-refractivity contribution in [1.29, 1.82) is 0 Å². The minimum atomic E-state index is -0.133. The number of nitrogens with zero attached hydrogens (tertiary/aromatic N) is 2. The van der Waals surface area contributed by atoms with Crippen molar-refractivity contribution in [2.75, 3.05) is 0 Å². The summed E-state index contributed by atoms with van der Waals surface area (Å²) < 4.78 is 0.851. The molecule has 1 atom stereocenters. The molecule has 5 nitrogen and oxygen atoms in total. The van der Waals surface area contributed by atoms with E-state index in [9.17, 15) is 9.59 Å². The lowest BCUT2D eigenvalue weighted by Gasteiger charge is -2.22. The van der Waals surface area contributed by atoms with E-state index in [1.807, 2.05) is 54.6 Å². The third-order valence-electron chi connectivity index (χ3n) is 4.35. The number of aliphatic imine (C=N–C) groups is 1. The van der Waals surface area contributed by atoms with E-state index in [2.05, 4.69) is 10.4 Å². The molecule has 3 aromatic rings. The summed E-state index contributed by atoms with van der Waals surface area (Å²) in [5.41, 5.74) is 4.49. The van der Waals surface area contributed by atoms with E-state index in [-0.39, 0.29) is 16.7 Å². The second kappa shape index (κ2) is 6.72. The van der Waals surface area contributed by atoms with Crippen LogP contribution >= 0.6 is 11.3 Å². The average molecular weight is 363 g/mol. The predicted molar refractivity (Wildman–Crippen MR) is 105 cm³/mol. The number of fused-ring (bicyclic) bond motifs is 1. The number of amides is 1. The van der Waals surface area contributed by atoms with E-state index < -0.39 is 0 Å². The van der Waals surface area contributed by atoms with Crippen LogP contribution in [0.2, 0.25) is 0 Å². The first-order valence-electron chi connectivity index (χ1n) is 8.33. The Labute approximate surface area is 154 Å². The first-order valence-corrected chi connectivity index (χ1v) is 9.15. The van der Waals surface area contributed by atoms with Crippen LogP contribution in [0.4, 0.5) is 5.69 Å². The van der Waals surface area contributed by atoms with E-state index in [1.54, 1.807) is 11.1 Å². The molecular formula is C20H17N3O2S. The summed E-state index contributed by atoms with van der Waals surface area (Å²) in [6.07, 6.45) is 0.542. The molecule has 1 unspecified atom stereocenters. The molecule has 0 saturated carbocycles. The van der Waals surface area contributed by atoms with Gasteiger partial charge in [0.2, 0.25) is 5.91 Å². The summed E-state index contributed by atoms with van der Waals surface area (Å²) in [4.78, 5) is 28.9. The largest absolute Gasteiger partial charge is 0.282 e. The van der Waals surface area contributed by atoms with Crippen LogP contribution in [0.25, 0.3) is 10.1 Å². The van der Waals surface area contributed by atoms with E-state index in [4.69, 9.17) is 0 Å². The van der Waals surface area contributed by atoms with Crippen molar-refractivity contribution in [3.63, 3.8) is 0 Å². The van der Waals surface area contributed by atoms with Crippen molar-refractivity contribution in [2.45, 2.75) is 19.4 Å². The average Bonchev–Trinajstić information content (AvgIpc) is 3.07. The van der Waals surface area contributed by atoms with Crippen LogP contribution in [-0.2, 0) is 4.79 Å². The molecule has 2 aromatic carbocycles. The first kappa shape index (κ1) is 16.5. The zero-order valence-corrected chi connectivity index (χ0v) is 15.0. The van der Waals surface area contributed by atoms with Crippen molar-refractivity contribution < 1.29 is 4.79 Å². The molecular weight excluding hydrogens is 346 g/mol. The molecule has 0 radical (unpaired) electrons. The van der Waals surface area contributed by atoms with Crippen LogP contribution in [-0.4, -0.2) is 16.8 Å². The highest BCUT2D eigenvalue weighted by Gasteiger charge is 2.32. The molecule has 1 saturated heterocycles. The fourth-order valence-corrected chi connectivity index (χ4v) is 3.92. The second-order valence-corrected chi connectivity index (χ2v) is 7.16. The van der Waals surface area contributed by atoms with Gasteiger partial charge in [-0.25, -0.2) is 10.0 Å². The molecule has 130 valence electrons. The molecule has 2 heterocycles. The monoisotopic (exact) mass is 363 g/mol. The predicted octanol–water partition coefficient (Wildman–Crippen LogP) is 3.79. The Bertz CT molecular complexity index is 1060. The number of benzene rings is 2. The smallest absolute Gasteiger partial charge is 0.258 e. The van der Waals surface area contributed by atoms with E-state index >= 15 is 0 Å². The highest BCUT2D eigenvalue weighted by atomic mass is 32.1. The third kappa shape index (κ3) is 3.11. The molecule has 1 aromatic heterocycles. The number of hydrogen-bond acceptors (Lipinski definition) is 4. The Morgan fingerprint density at radius 2 is 1.88 bits per heavy atom. The molecule has 1 fully saturated rings. The first-order chi connectivity index (χ1) is 12.6. The Balaban J connectivity index is 1.71. The van der Waals surface area contributed by atoms with Crippen molar-refractivity contribution >= 4 is 38.9 Å². The van der Waals surface area contributed by atoms with Gasteiger partial charge in [0.05, 0.1) is 6.04 Å². The number of hydrazine groups is 1. The lowest BCUT2D eigenvalue weighted by Crippen LogP contribution is -2.38. The van der Waals surface area contributed by atoms with E-state index in [1.165, 1.54) is 18.3 Å². The van der Waals surface area contributed by atoms with Gasteiger partial charge in [0, 0.05) is 18.0 Å².